The maximum Gasteiger partial charge on any atom is 0.313 e. The molecule has 0 aromatic carbocycles. The Morgan fingerprint density at radius 1 is 1.19 bits per heavy atom. The van der Waals surface area contributed by atoms with E-state index >= 15 is 0 Å². The molecule has 2 atom stereocenters. The van der Waals surface area contributed by atoms with E-state index < -0.39 is 5.60 Å². The van der Waals surface area contributed by atoms with E-state index in [1.165, 1.54) is 6.92 Å². The van der Waals surface area contributed by atoms with Gasteiger partial charge in [0.05, 0.1) is 0 Å². The summed E-state index contributed by atoms with van der Waals surface area (Å²) in [7, 11) is 0. The molecule has 4 nitrogen and oxygen atoms in total. The Balaban J connectivity index is 2.62. The van der Waals surface area contributed by atoms with Gasteiger partial charge in [-0.1, -0.05) is 13.8 Å². The molecule has 2 unspecified atom stereocenters. The highest BCUT2D eigenvalue weighted by atomic mass is 16.6. The lowest BCUT2D eigenvalue weighted by Crippen LogP contribution is -2.26. The zero-order valence-corrected chi connectivity index (χ0v) is 10.8. The Hall–Kier alpha value is -1.06. The maximum atomic E-state index is 11.8. The first-order valence-corrected chi connectivity index (χ1v) is 5.46. The summed E-state index contributed by atoms with van der Waals surface area (Å²) in [5, 5.41) is 0. The van der Waals surface area contributed by atoms with Crippen LogP contribution >= 0.6 is 0 Å². The van der Waals surface area contributed by atoms with E-state index in [2.05, 4.69) is 0 Å². The summed E-state index contributed by atoms with van der Waals surface area (Å²) in [6.07, 6.45) is -0.347. The molecule has 0 amide bonds. The third-order valence-electron chi connectivity index (χ3n) is 2.68. The summed E-state index contributed by atoms with van der Waals surface area (Å²) in [5.41, 5.74) is -0.815. The molecule has 0 bridgehead atoms. The molecule has 4 heteroatoms. The molecular weight excluding hydrogens is 208 g/mol. The van der Waals surface area contributed by atoms with Crippen LogP contribution in [0.25, 0.3) is 0 Å². The number of hydrogen-bond donors (Lipinski definition) is 0. The summed E-state index contributed by atoms with van der Waals surface area (Å²) >= 11 is 0. The molecule has 16 heavy (non-hydrogen) atoms. The zero-order chi connectivity index (χ0) is 12.7. The number of carbonyl (C=O) groups is 2. The van der Waals surface area contributed by atoms with Crippen molar-refractivity contribution in [1.82, 2.24) is 0 Å². The van der Waals surface area contributed by atoms with Gasteiger partial charge in [-0.05, 0) is 20.8 Å². The lowest BCUT2D eigenvalue weighted by atomic mass is 10.1. The molecule has 1 rings (SSSR count). The van der Waals surface area contributed by atoms with Crippen LogP contribution in [0, 0.1) is 11.3 Å². The average Bonchev–Trinajstić information content (AvgIpc) is 2.47. The second-order valence-corrected chi connectivity index (χ2v) is 5.86. The van der Waals surface area contributed by atoms with Gasteiger partial charge < -0.3 is 9.47 Å². The van der Waals surface area contributed by atoms with Crippen molar-refractivity contribution in [2.45, 2.75) is 53.2 Å². The van der Waals surface area contributed by atoms with Gasteiger partial charge in [0, 0.05) is 12.3 Å². The summed E-state index contributed by atoms with van der Waals surface area (Å²) in [4.78, 5) is 22.7. The second-order valence-electron chi connectivity index (χ2n) is 5.86. The van der Waals surface area contributed by atoms with Crippen LogP contribution in [0.4, 0.5) is 0 Å². The smallest absolute Gasteiger partial charge is 0.313 e. The monoisotopic (exact) mass is 228 g/mol. The molecular formula is C12H20O4. The van der Waals surface area contributed by atoms with Crippen LogP contribution in [0.5, 0.6) is 0 Å². The summed E-state index contributed by atoms with van der Waals surface area (Å²) < 4.78 is 10.4. The van der Waals surface area contributed by atoms with Gasteiger partial charge in [-0.25, -0.2) is 0 Å². The van der Waals surface area contributed by atoms with Crippen LogP contribution < -0.4 is 0 Å². The molecule has 0 aromatic rings. The topological polar surface area (TPSA) is 52.6 Å². The minimum atomic E-state index is -0.503. The lowest BCUT2D eigenvalue weighted by molar-refractivity contribution is -0.158. The predicted molar refractivity (Wildman–Crippen MR) is 58.7 cm³/mol. The fourth-order valence-corrected chi connectivity index (χ4v) is 1.78. The molecule has 0 aliphatic heterocycles. The van der Waals surface area contributed by atoms with Crippen molar-refractivity contribution < 1.29 is 19.1 Å². The van der Waals surface area contributed by atoms with Gasteiger partial charge in [-0.3, -0.25) is 9.59 Å². The summed E-state index contributed by atoms with van der Waals surface area (Å²) in [6.45, 7) is 10.6. The Kier molecular flexibility index (Phi) is 3.05. The highest BCUT2D eigenvalue weighted by molar-refractivity contribution is 5.80. The standard InChI is InChI=1S/C12H20O4/c1-7(13)15-9-8(12(9,5)6)10(14)16-11(2,3)4/h8-9H,1-6H3. The fraction of sp³-hybridized carbons (Fsp3) is 0.833. The summed E-state index contributed by atoms with van der Waals surface area (Å²) in [5.74, 6) is -0.983. The van der Waals surface area contributed by atoms with Gasteiger partial charge in [0.15, 0.2) is 0 Å². The summed E-state index contributed by atoms with van der Waals surface area (Å²) in [6, 6.07) is 0. The van der Waals surface area contributed by atoms with Crippen molar-refractivity contribution in [3.8, 4) is 0 Å². The Morgan fingerprint density at radius 3 is 2.06 bits per heavy atom. The predicted octanol–water partition coefficient (Wildman–Crippen LogP) is 1.92. The van der Waals surface area contributed by atoms with E-state index in [4.69, 9.17) is 9.47 Å². The zero-order valence-electron chi connectivity index (χ0n) is 10.8. The van der Waals surface area contributed by atoms with E-state index in [0.29, 0.717) is 0 Å². The van der Waals surface area contributed by atoms with Gasteiger partial charge in [0.2, 0.25) is 0 Å². The van der Waals surface area contributed by atoms with E-state index in [9.17, 15) is 9.59 Å². The minimum absolute atomic E-state index is 0.288. The van der Waals surface area contributed by atoms with Crippen LogP contribution in [0.3, 0.4) is 0 Å². The molecule has 92 valence electrons. The number of ether oxygens (including phenoxy) is 2. The lowest BCUT2D eigenvalue weighted by Gasteiger charge is -2.19. The number of rotatable bonds is 2. The second kappa shape index (κ2) is 3.75. The van der Waals surface area contributed by atoms with Crippen molar-refractivity contribution in [2.75, 3.05) is 0 Å². The van der Waals surface area contributed by atoms with Crippen molar-refractivity contribution in [3.63, 3.8) is 0 Å². The molecule has 0 aromatic heterocycles. The van der Waals surface area contributed by atoms with Gasteiger partial charge in [-0.2, -0.15) is 0 Å². The van der Waals surface area contributed by atoms with E-state index in [1.54, 1.807) is 0 Å². The highest BCUT2D eigenvalue weighted by Crippen LogP contribution is 2.55. The van der Waals surface area contributed by atoms with Crippen LogP contribution in [-0.4, -0.2) is 23.6 Å². The Morgan fingerprint density at radius 2 is 1.69 bits per heavy atom. The third-order valence-corrected chi connectivity index (χ3v) is 2.68. The van der Waals surface area contributed by atoms with Crippen LogP contribution in [0.2, 0.25) is 0 Å². The third kappa shape index (κ3) is 2.74. The molecule has 1 aliphatic carbocycles. The normalized spacial score (nSPS) is 27.1. The average molecular weight is 228 g/mol. The van der Waals surface area contributed by atoms with Crippen molar-refractivity contribution in [1.29, 1.82) is 0 Å². The molecule has 1 aliphatic rings. The fourth-order valence-electron chi connectivity index (χ4n) is 1.78. The molecule has 0 radical (unpaired) electrons. The SMILES string of the molecule is CC(=O)OC1C(C(=O)OC(C)(C)C)C1(C)C. The Labute approximate surface area is 96.3 Å². The van der Waals surface area contributed by atoms with E-state index in [-0.39, 0.29) is 29.4 Å². The van der Waals surface area contributed by atoms with E-state index in [1.807, 2.05) is 34.6 Å². The number of carbonyl (C=O) groups excluding carboxylic acids is 2. The van der Waals surface area contributed by atoms with E-state index in [0.717, 1.165) is 0 Å². The first kappa shape index (κ1) is 13.0. The van der Waals surface area contributed by atoms with Crippen LogP contribution in [0.15, 0.2) is 0 Å². The van der Waals surface area contributed by atoms with Gasteiger partial charge in [0.1, 0.15) is 17.6 Å². The highest BCUT2D eigenvalue weighted by Gasteiger charge is 2.66. The van der Waals surface area contributed by atoms with Crippen molar-refractivity contribution in [3.05, 3.63) is 0 Å². The van der Waals surface area contributed by atoms with Gasteiger partial charge in [0.25, 0.3) is 0 Å². The number of hydrogen-bond acceptors (Lipinski definition) is 4. The largest absolute Gasteiger partial charge is 0.461 e. The maximum absolute atomic E-state index is 11.8. The quantitative estimate of drug-likeness (QED) is 0.677. The van der Waals surface area contributed by atoms with Gasteiger partial charge in [-0.15, -0.1) is 0 Å². The van der Waals surface area contributed by atoms with Crippen LogP contribution in [-0.2, 0) is 19.1 Å². The van der Waals surface area contributed by atoms with Crippen LogP contribution in [0.1, 0.15) is 41.5 Å². The minimum Gasteiger partial charge on any atom is -0.461 e. The van der Waals surface area contributed by atoms with Crippen molar-refractivity contribution in [2.24, 2.45) is 11.3 Å². The van der Waals surface area contributed by atoms with Gasteiger partial charge >= 0.3 is 11.9 Å². The molecule has 1 fully saturated rings. The first-order chi connectivity index (χ1) is 7.05. The Bertz CT molecular complexity index is 311. The molecule has 1 saturated carbocycles. The molecule has 0 N–H and O–H groups in total. The number of esters is 2. The van der Waals surface area contributed by atoms with Crippen molar-refractivity contribution >= 4 is 11.9 Å². The molecule has 0 saturated heterocycles. The first-order valence-electron chi connectivity index (χ1n) is 5.46. The molecule has 0 spiro atoms. The molecule has 0 heterocycles.